The molecule has 4 rings (SSSR count). The molecule has 0 spiro atoms. The van der Waals surface area contributed by atoms with Crippen molar-refractivity contribution in [1.82, 2.24) is 24.6 Å². The van der Waals surface area contributed by atoms with Crippen LogP contribution in [0.1, 0.15) is 11.8 Å². The summed E-state index contributed by atoms with van der Waals surface area (Å²) in [4.78, 5) is 30.3. The first-order chi connectivity index (χ1) is 15.1. The number of aromatic nitrogens is 4. The number of fused-ring (bicyclic) bond motifs is 1. The number of rotatable bonds is 7. The second-order valence-corrected chi connectivity index (χ2v) is 8.56. The summed E-state index contributed by atoms with van der Waals surface area (Å²) in [5.41, 5.74) is 6.72. The highest BCUT2D eigenvalue weighted by Crippen LogP contribution is 2.39. The number of imidazole rings is 1. The third-order valence-electron chi connectivity index (χ3n) is 4.80. The van der Waals surface area contributed by atoms with E-state index in [0.717, 1.165) is 5.06 Å². The number of ether oxygens (including phenoxy) is 1. The molecule has 4 atom stereocenters. The fourth-order valence-electron chi connectivity index (χ4n) is 3.44. The maximum absolute atomic E-state index is 15.0. The molecule has 1 aromatic carbocycles. The number of halogens is 2. The van der Waals surface area contributed by atoms with Crippen LogP contribution >= 0.6 is 19.4 Å². The summed E-state index contributed by atoms with van der Waals surface area (Å²) >= 11 is 5.84. The second kappa shape index (κ2) is 8.96. The quantitative estimate of drug-likeness (QED) is 0.214. The van der Waals surface area contributed by atoms with Gasteiger partial charge in [-0.2, -0.15) is 19.7 Å². The van der Waals surface area contributed by atoms with Crippen LogP contribution in [0.5, 0.6) is 0 Å². The summed E-state index contributed by atoms with van der Waals surface area (Å²) in [7, 11) is -4.92. The van der Waals surface area contributed by atoms with Crippen LogP contribution in [0.25, 0.3) is 11.2 Å². The summed E-state index contributed by atoms with van der Waals surface area (Å²) in [6, 6.07) is 8.69. The van der Waals surface area contributed by atoms with E-state index in [1.54, 1.807) is 30.3 Å². The second-order valence-electron chi connectivity index (χ2n) is 7.08. The van der Waals surface area contributed by atoms with Gasteiger partial charge in [0.15, 0.2) is 23.9 Å². The molecule has 5 N–H and O–H groups in total. The highest BCUT2D eigenvalue weighted by atomic mass is 35.5. The van der Waals surface area contributed by atoms with E-state index in [4.69, 9.17) is 26.7 Å². The molecule has 2 aromatic heterocycles. The highest BCUT2D eigenvalue weighted by Gasteiger charge is 2.47. The number of hydrogen-bond acceptors (Lipinski definition) is 9. The predicted molar refractivity (Wildman–Crippen MR) is 110 cm³/mol. The first-order valence-electron chi connectivity index (χ1n) is 9.29. The van der Waals surface area contributed by atoms with Gasteiger partial charge in [-0.05, 0) is 17.2 Å². The first-order valence-corrected chi connectivity index (χ1v) is 11.2. The number of anilines is 1. The van der Waals surface area contributed by atoms with E-state index in [0.29, 0.717) is 5.56 Å². The number of hydroxylamine groups is 2. The Morgan fingerprint density at radius 3 is 2.72 bits per heavy atom. The molecule has 0 radical (unpaired) electrons. The lowest BCUT2D eigenvalue weighted by atomic mass is 10.1. The van der Waals surface area contributed by atoms with Crippen molar-refractivity contribution < 1.29 is 33.2 Å². The molecule has 1 saturated heterocycles. The predicted octanol–water partition coefficient (Wildman–Crippen LogP) is 1.18. The van der Waals surface area contributed by atoms with Gasteiger partial charge >= 0.3 is 7.82 Å². The van der Waals surface area contributed by atoms with Gasteiger partial charge in [-0.15, -0.1) is 0 Å². The van der Waals surface area contributed by atoms with Gasteiger partial charge in [0, 0.05) is 6.54 Å². The summed E-state index contributed by atoms with van der Waals surface area (Å²) in [6.07, 6.45) is -4.87. The fourth-order valence-corrected chi connectivity index (χ4v) is 4.04. The lowest BCUT2D eigenvalue weighted by Gasteiger charge is -2.25. The normalized spacial score (nSPS) is 23.9. The Balaban J connectivity index is 1.57. The fraction of sp³-hybridized carbons (Fsp3) is 0.353. The smallest absolute Gasteiger partial charge is 0.387 e. The molecule has 0 aliphatic carbocycles. The Bertz CT molecular complexity index is 1150. The zero-order valence-corrected chi connectivity index (χ0v) is 17.9. The van der Waals surface area contributed by atoms with Gasteiger partial charge in [0.1, 0.15) is 17.7 Å². The number of nitrogen functional groups attached to an aromatic ring is 1. The van der Waals surface area contributed by atoms with E-state index in [1.165, 1.54) is 10.9 Å². The Morgan fingerprint density at radius 2 is 2.03 bits per heavy atom. The van der Waals surface area contributed by atoms with Crippen molar-refractivity contribution in [1.29, 1.82) is 0 Å². The molecule has 3 heterocycles. The van der Waals surface area contributed by atoms with Crippen molar-refractivity contribution in [3.8, 4) is 0 Å². The number of alkyl halides is 1. The minimum absolute atomic E-state index is 0.00617. The Kier molecular flexibility index (Phi) is 6.43. The van der Waals surface area contributed by atoms with Crippen molar-refractivity contribution >= 4 is 36.4 Å². The van der Waals surface area contributed by atoms with E-state index in [1.807, 2.05) is 0 Å². The lowest BCUT2D eigenvalue weighted by Crippen LogP contribution is -2.38. The standard InChI is InChI=1S/C17H19ClFN6O6P/c18-17-22-14(20)12-15(23-17)25(8-21-12)16-11(19)13(26)10(30-16)7-24(31-32(27,28)29)6-9-4-2-1-3-5-9/h1-5,8,10-11,13,16,26H,6-7H2,(H2,20,22,23)(H2,27,28,29)/t10-,11+,13-,16-/m1/s1. The largest absolute Gasteiger partial charge is 0.486 e. The van der Waals surface area contributed by atoms with Gasteiger partial charge in [-0.25, -0.2) is 13.9 Å². The molecular formula is C17H19ClFN6O6P. The Labute approximate surface area is 185 Å². The van der Waals surface area contributed by atoms with Crippen molar-refractivity contribution in [2.75, 3.05) is 12.3 Å². The average molecular weight is 489 g/mol. The van der Waals surface area contributed by atoms with Crippen LogP contribution in [0.15, 0.2) is 36.7 Å². The topological polar surface area (TPSA) is 169 Å². The molecule has 12 nitrogen and oxygen atoms in total. The molecule has 0 bridgehead atoms. The molecule has 15 heteroatoms. The molecule has 172 valence electrons. The van der Waals surface area contributed by atoms with E-state index in [9.17, 15) is 23.8 Å². The summed E-state index contributed by atoms with van der Waals surface area (Å²) in [5, 5.41) is 11.2. The van der Waals surface area contributed by atoms with Gasteiger partial charge in [-0.3, -0.25) is 4.57 Å². The maximum Gasteiger partial charge on any atom is 0.486 e. The molecular weight excluding hydrogens is 470 g/mol. The average Bonchev–Trinajstić information content (AvgIpc) is 3.24. The SMILES string of the molecule is Nc1nc(Cl)nc2c1ncn2[C@@H]1O[C@H](CN(Cc2ccccc2)OP(=O)(O)O)[C@@H](O)[C@@H]1F. The third kappa shape index (κ3) is 4.90. The van der Waals surface area contributed by atoms with Crippen LogP contribution in [0.3, 0.4) is 0 Å². The van der Waals surface area contributed by atoms with Crippen LogP contribution < -0.4 is 5.73 Å². The number of phosphoric acid groups is 1. The molecule has 1 aliphatic heterocycles. The third-order valence-corrected chi connectivity index (χ3v) is 5.41. The zero-order valence-electron chi connectivity index (χ0n) is 16.3. The van der Waals surface area contributed by atoms with Crippen LogP contribution in [0, 0.1) is 0 Å². The van der Waals surface area contributed by atoms with E-state index in [2.05, 4.69) is 15.0 Å². The van der Waals surface area contributed by atoms with Crippen LogP contribution in [-0.2, 0) is 20.5 Å². The van der Waals surface area contributed by atoms with Crippen LogP contribution in [-0.4, -0.2) is 64.4 Å². The molecule has 1 aliphatic rings. The van der Waals surface area contributed by atoms with Gasteiger partial charge in [0.2, 0.25) is 5.28 Å². The molecule has 3 aromatic rings. The Morgan fingerprint density at radius 1 is 1.31 bits per heavy atom. The van der Waals surface area contributed by atoms with Crippen molar-refractivity contribution in [3.05, 3.63) is 47.5 Å². The van der Waals surface area contributed by atoms with Crippen LogP contribution in [0.4, 0.5) is 10.2 Å². The van der Waals surface area contributed by atoms with E-state index < -0.39 is 32.4 Å². The number of aliphatic hydroxyl groups is 1. The zero-order chi connectivity index (χ0) is 23.0. The number of nitrogens with two attached hydrogens (primary N) is 1. The van der Waals surface area contributed by atoms with Gasteiger partial charge < -0.3 is 25.4 Å². The monoisotopic (exact) mass is 488 g/mol. The number of aliphatic hydroxyl groups excluding tert-OH is 1. The van der Waals surface area contributed by atoms with Gasteiger partial charge in [0.25, 0.3) is 0 Å². The highest BCUT2D eigenvalue weighted by molar-refractivity contribution is 7.46. The summed E-state index contributed by atoms with van der Waals surface area (Å²) in [6.45, 7) is -0.393. The van der Waals surface area contributed by atoms with Gasteiger partial charge in [-0.1, -0.05) is 30.3 Å². The first kappa shape index (κ1) is 23.0. The summed E-state index contributed by atoms with van der Waals surface area (Å²) < 4.78 is 38.0. The minimum atomic E-state index is -4.92. The summed E-state index contributed by atoms with van der Waals surface area (Å²) in [5.74, 6) is -0.00617. The van der Waals surface area contributed by atoms with Crippen LogP contribution in [0.2, 0.25) is 5.28 Å². The molecule has 0 unspecified atom stereocenters. The molecule has 0 saturated carbocycles. The van der Waals surface area contributed by atoms with Gasteiger partial charge in [0.05, 0.1) is 12.9 Å². The van der Waals surface area contributed by atoms with Crippen molar-refractivity contribution in [2.24, 2.45) is 0 Å². The minimum Gasteiger partial charge on any atom is -0.387 e. The van der Waals surface area contributed by atoms with E-state index >= 15 is 0 Å². The number of hydrogen-bond donors (Lipinski definition) is 4. The molecule has 1 fully saturated rings. The maximum atomic E-state index is 15.0. The van der Waals surface area contributed by atoms with Crippen molar-refractivity contribution in [2.45, 2.75) is 31.2 Å². The Hall–Kier alpha value is -2.22. The lowest BCUT2D eigenvalue weighted by molar-refractivity contribution is -0.132. The molecule has 32 heavy (non-hydrogen) atoms. The molecule has 0 amide bonds. The number of nitrogens with zero attached hydrogens (tertiary/aromatic N) is 5. The number of benzene rings is 1. The van der Waals surface area contributed by atoms with Crippen molar-refractivity contribution in [3.63, 3.8) is 0 Å². The van der Waals surface area contributed by atoms with E-state index in [-0.39, 0.29) is 35.4 Å².